The van der Waals surface area contributed by atoms with Crippen LogP contribution in [0.4, 0.5) is 5.13 Å². The molecule has 2 aromatic rings. The number of aromatic nitrogens is 1. The van der Waals surface area contributed by atoms with E-state index >= 15 is 0 Å². The molecule has 0 aliphatic carbocycles. The number of thiazole rings is 1. The first-order valence-corrected chi connectivity index (χ1v) is 6.63. The highest BCUT2D eigenvalue weighted by molar-refractivity contribution is 7.22. The fourth-order valence-electron chi connectivity index (χ4n) is 1.69. The molecule has 0 fully saturated rings. The number of para-hydroxylation sites is 1. The van der Waals surface area contributed by atoms with E-state index in [1.54, 1.807) is 11.3 Å². The molecule has 0 saturated carbocycles. The zero-order valence-electron chi connectivity index (χ0n) is 10.6. The first-order valence-electron chi connectivity index (χ1n) is 5.81. The van der Waals surface area contributed by atoms with Gasteiger partial charge in [-0.3, -0.25) is 0 Å². The van der Waals surface area contributed by atoms with Crippen molar-refractivity contribution in [3.8, 4) is 0 Å². The van der Waals surface area contributed by atoms with Crippen LogP contribution in [-0.4, -0.2) is 24.1 Å². The van der Waals surface area contributed by atoms with Crippen LogP contribution in [0.15, 0.2) is 24.3 Å². The van der Waals surface area contributed by atoms with Crippen LogP contribution in [0.25, 0.3) is 10.2 Å². The number of fused-ring (bicyclic) bond motifs is 1. The number of hydrogen-bond donors (Lipinski definition) is 1. The summed E-state index contributed by atoms with van der Waals surface area (Å²) < 4.78 is 5.90. The SMILES string of the molecule is COC(=O)C(Nc1nc2ccccc2s1)C(C)C. The standard InChI is InChI=1S/C13H16N2O2S/c1-8(2)11(12(16)17-3)15-13-14-9-6-4-5-7-10(9)18-13/h4-8,11H,1-3H3,(H,14,15). The van der Waals surface area contributed by atoms with Crippen LogP contribution >= 0.6 is 11.3 Å². The molecule has 1 aromatic heterocycles. The summed E-state index contributed by atoms with van der Waals surface area (Å²) in [5.41, 5.74) is 0.942. The predicted octanol–water partition coefficient (Wildman–Crippen LogP) is 2.91. The molecule has 0 aliphatic rings. The van der Waals surface area contributed by atoms with Crippen LogP contribution in [0.2, 0.25) is 0 Å². The average molecular weight is 264 g/mol. The van der Waals surface area contributed by atoms with Gasteiger partial charge in [0.25, 0.3) is 0 Å². The van der Waals surface area contributed by atoms with Crippen molar-refractivity contribution in [3.05, 3.63) is 24.3 Å². The number of rotatable bonds is 4. The maximum Gasteiger partial charge on any atom is 0.328 e. The Balaban J connectivity index is 2.23. The molecule has 1 heterocycles. The zero-order chi connectivity index (χ0) is 13.1. The Morgan fingerprint density at radius 3 is 2.72 bits per heavy atom. The monoisotopic (exact) mass is 264 g/mol. The number of benzene rings is 1. The van der Waals surface area contributed by atoms with Gasteiger partial charge in [-0.2, -0.15) is 0 Å². The van der Waals surface area contributed by atoms with Crippen molar-refractivity contribution in [2.24, 2.45) is 5.92 Å². The molecular weight excluding hydrogens is 248 g/mol. The third-order valence-electron chi connectivity index (χ3n) is 2.69. The van der Waals surface area contributed by atoms with Crippen molar-refractivity contribution in [1.82, 2.24) is 4.98 Å². The average Bonchev–Trinajstić information content (AvgIpc) is 2.77. The normalized spacial score (nSPS) is 12.7. The summed E-state index contributed by atoms with van der Waals surface area (Å²) in [5, 5.41) is 3.90. The lowest BCUT2D eigenvalue weighted by Crippen LogP contribution is -2.35. The molecule has 0 bridgehead atoms. The fourth-order valence-corrected chi connectivity index (χ4v) is 2.59. The fraction of sp³-hybridized carbons (Fsp3) is 0.385. The number of anilines is 1. The maximum absolute atomic E-state index is 11.7. The minimum absolute atomic E-state index is 0.143. The van der Waals surface area contributed by atoms with Crippen LogP contribution in [0.1, 0.15) is 13.8 Å². The van der Waals surface area contributed by atoms with Gasteiger partial charge in [0.2, 0.25) is 0 Å². The van der Waals surface area contributed by atoms with Gasteiger partial charge in [-0.1, -0.05) is 37.3 Å². The highest BCUT2D eigenvalue weighted by Crippen LogP contribution is 2.26. The van der Waals surface area contributed by atoms with Crippen molar-refractivity contribution in [2.75, 3.05) is 12.4 Å². The summed E-state index contributed by atoms with van der Waals surface area (Å²) in [5.74, 6) is -0.117. The number of carbonyl (C=O) groups excluding carboxylic acids is 1. The van der Waals surface area contributed by atoms with Crippen LogP contribution in [0.5, 0.6) is 0 Å². The van der Waals surface area contributed by atoms with Gasteiger partial charge < -0.3 is 10.1 Å². The largest absolute Gasteiger partial charge is 0.467 e. The molecule has 2 rings (SSSR count). The first kappa shape index (κ1) is 12.8. The van der Waals surface area contributed by atoms with Gasteiger partial charge in [-0.25, -0.2) is 9.78 Å². The highest BCUT2D eigenvalue weighted by Gasteiger charge is 2.23. The number of hydrogen-bond acceptors (Lipinski definition) is 5. The Morgan fingerprint density at radius 1 is 1.39 bits per heavy atom. The Morgan fingerprint density at radius 2 is 2.11 bits per heavy atom. The molecule has 1 atom stereocenters. The molecule has 0 saturated heterocycles. The van der Waals surface area contributed by atoms with Crippen molar-refractivity contribution >= 4 is 32.7 Å². The lowest BCUT2D eigenvalue weighted by atomic mass is 10.1. The van der Waals surface area contributed by atoms with E-state index in [1.807, 2.05) is 38.1 Å². The molecule has 96 valence electrons. The topological polar surface area (TPSA) is 51.2 Å². The van der Waals surface area contributed by atoms with Crippen LogP contribution in [0.3, 0.4) is 0 Å². The third-order valence-corrected chi connectivity index (χ3v) is 3.66. The summed E-state index contributed by atoms with van der Waals surface area (Å²) in [6, 6.07) is 7.53. The second-order valence-corrected chi connectivity index (χ2v) is 5.41. The number of carbonyl (C=O) groups is 1. The number of ether oxygens (including phenoxy) is 1. The summed E-state index contributed by atoms with van der Waals surface area (Å²) >= 11 is 1.54. The van der Waals surface area contributed by atoms with Gasteiger partial charge >= 0.3 is 5.97 Å². The molecule has 0 amide bonds. The highest BCUT2D eigenvalue weighted by atomic mass is 32.1. The van der Waals surface area contributed by atoms with E-state index in [4.69, 9.17) is 4.74 Å². The van der Waals surface area contributed by atoms with Crippen LogP contribution < -0.4 is 5.32 Å². The number of nitrogens with one attached hydrogen (secondary N) is 1. The molecule has 5 heteroatoms. The van der Waals surface area contributed by atoms with Gasteiger partial charge in [0.1, 0.15) is 6.04 Å². The molecule has 1 unspecified atom stereocenters. The Labute approximate surface area is 110 Å². The van der Waals surface area contributed by atoms with Crippen LogP contribution in [-0.2, 0) is 9.53 Å². The van der Waals surface area contributed by atoms with E-state index in [1.165, 1.54) is 7.11 Å². The molecule has 1 N–H and O–H groups in total. The Bertz CT molecular complexity index is 518. The van der Waals surface area contributed by atoms with Crippen molar-refractivity contribution in [2.45, 2.75) is 19.9 Å². The maximum atomic E-state index is 11.7. The second kappa shape index (κ2) is 5.35. The number of esters is 1. The van der Waals surface area contributed by atoms with Gasteiger partial charge in [-0.05, 0) is 18.1 Å². The summed E-state index contributed by atoms with van der Waals surface area (Å²) in [7, 11) is 1.40. The van der Waals surface area contributed by atoms with Crippen molar-refractivity contribution in [1.29, 1.82) is 0 Å². The second-order valence-electron chi connectivity index (χ2n) is 4.38. The van der Waals surface area contributed by atoms with Crippen LogP contribution in [0, 0.1) is 5.92 Å². The summed E-state index contributed by atoms with van der Waals surface area (Å²) in [4.78, 5) is 16.1. The lowest BCUT2D eigenvalue weighted by molar-refractivity contribution is -0.142. The summed E-state index contributed by atoms with van der Waals surface area (Å²) in [6.45, 7) is 3.95. The lowest BCUT2D eigenvalue weighted by Gasteiger charge is -2.18. The molecule has 1 aromatic carbocycles. The van der Waals surface area contributed by atoms with E-state index in [2.05, 4.69) is 10.3 Å². The van der Waals surface area contributed by atoms with E-state index < -0.39 is 0 Å². The van der Waals surface area contributed by atoms with E-state index in [9.17, 15) is 4.79 Å². The number of methoxy groups -OCH3 is 1. The van der Waals surface area contributed by atoms with E-state index in [-0.39, 0.29) is 17.9 Å². The Hall–Kier alpha value is -1.62. The minimum Gasteiger partial charge on any atom is -0.467 e. The molecule has 18 heavy (non-hydrogen) atoms. The molecular formula is C13H16N2O2S. The predicted molar refractivity (Wildman–Crippen MR) is 73.9 cm³/mol. The smallest absolute Gasteiger partial charge is 0.328 e. The minimum atomic E-state index is -0.365. The van der Waals surface area contributed by atoms with Gasteiger partial charge in [-0.15, -0.1) is 0 Å². The van der Waals surface area contributed by atoms with E-state index in [0.29, 0.717) is 0 Å². The third kappa shape index (κ3) is 2.61. The van der Waals surface area contributed by atoms with Gasteiger partial charge in [0.15, 0.2) is 5.13 Å². The van der Waals surface area contributed by atoms with Gasteiger partial charge in [0.05, 0.1) is 17.3 Å². The first-order chi connectivity index (χ1) is 8.61. The molecule has 0 aliphatic heterocycles. The molecule has 0 spiro atoms. The van der Waals surface area contributed by atoms with E-state index in [0.717, 1.165) is 15.3 Å². The van der Waals surface area contributed by atoms with Crippen molar-refractivity contribution in [3.63, 3.8) is 0 Å². The van der Waals surface area contributed by atoms with Crippen molar-refractivity contribution < 1.29 is 9.53 Å². The zero-order valence-corrected chi connectivity index (χ0v) is 11.5. The number of nitrogens with zero attached hydrogens (tertiary/aromatic N) is 1. The molecule has 4 nitrogen and oxygen atoms in total. The molecule has 0 radical (unpaired) electrons. The van der Waals surface area contributed by atoms with Gasteiger partial charge in [0, 0.05) is 0 Å². The quantitative estimate of drug-likeness (QED) is 0.863. The summed E-state index contributed by atoms with van der Waals surface area (Å²) in [6.07, 6.45) is 0. The Kier molecular flexibility index (Phi) is 3.81.